The van der Waals surface area contributed by atoms with E-state index in [4.69, 9.17) is 0 Å². The molecule has 0 spiro atoms. The van der Waals surface area contributed by atoms with Gasteiger partial charge in [0.05, 0.1) is 9.83 Å². The van der Waals surface area contributed by atoms with Gasteiger partial charge in [-0.25, -0.2) is 0 Å². The molecule has 19 heavy (non-hydrogen) atoms. The SMILES string of the molecule is CCNC(c1cc(Br)cc(Br)c1)c1cc(C)c(Br)s1. The van der Waals surface area contributed by atoms with Gasteiger partial charge in [0.1, 0.15) is 0 Å². The van der Waals surface area contributed by atoms with Crippen molar-refractivity contribution in [3.8, 4) is 0 Å². The van der Waals surface area contributed by atoms with E-state index in [1.807, 2.05) is 0 Å². The van der Waals surface area contributed by atoms with Crippen LogP contribution in [0.25, 0.3) is 0 Å². The molecule has 1 heterocycles. The fraction of sp³-hybridized carbons (Fsp3) is 0.286. The van der Waals surface area contributed by atoms with Gasteiger partial charge in [0, 0.05) is 13.8 Å². The second-order valence-corrected chi connectivity index (χ2v) is 8.53. The molecule has 0 aliphatic heterocycles. The highest BCUT2D eigenvalue weighted by Crippen LogP contribution is 2.35. The molecule has 102 valence electrons. The summed E-state index contributed by atoms with van der Waals surface area (Å²) in [6.07, 6.45) is 0. The van der Waals surface area contributed by atoms with Crippen LogP contribution in [0.4, 0.5) is 0 Å². The Balaban J connectivity index is 2.44. The number of nitrogens with one attached hydrogen (secondary N) is 1. The smallest absolute Gasteiger partial charge is 0.0731 e. The van der Waals surface area contributed by atoms with Crippen molar-refractivity contribution in [1.29, 1.82) is 0 Å². The lowest BCUT2D eigenvalue weighted by molar-refractivity contribution is 0.639. The van der Waals surface area contributed by atoms with Gasteiger partial charge in [-0.05, 0) is 64.8 Å². The standard InChI is InChI=1S/C14H14Br3NS/c1-3-18-13(12-4-8(2)14(17)19-12)9-5-10(15)7-11(16)6-9/h4-7,13,18H,3H2,1-2H3. The number of thiophene rings is 1. The zero-order chi connectivity index (χ0) is 14.0. The third kappa shape index (κ3) is 3.91. The fourth-order valence-electron chi connectivity index (χ4n) is 1.95. The van der Waals surface area contributed by atoms with Crippen LogP contribution in [0.15, 0.2) is 37.0 Å². The minimum absolute atomic E-state index is 0.230. The van der Waals surface area contributed by atoms with Crippen LogP contribution < -0.4 is 5.32 Å². The molecule has 2 rings (SSSR count). The Morgan fingerprint density at radius 1 is 1.11 bits per heavy atom. The lowest BCUT2D eigenvalue weighted by Gasteiger charge is -2.17. The Morgan fingerprint density at radius 3 is 2.21 bits per heavy atom. The van der Waals surface area contributed by atoms with Crippen molar-refractivity contribution in [2.45, 2.75) is 19.9 Å². The van der Waals surface area contributed by atoms with Gasteiger partial charge < -0.3 is 5.32 Å². The zero-order valence-corrected chi connectivity index (χ0v) is 16.2. The average Bonchev–Trinajstić information content (AvgIpc) is 2.65. The first-order chi connectivity index (χ1) is 9.01. The van der Waals surface area contributed by atoms with Gasteiger partial charge in [-0.3, -0.25) is 0 Å². The molecule has 2 aromatic rings. The number of aryl methyl sites for hydroxylation is 1. The largest absolute Gasteiger partial charge is 0.306 e. The Labute approximate surface area is 143 Å². The molecule has 1 unspecified atom stereocenters. The van der Waals surface area contributed by atoms with Gasteiger partial charge in [0.15, 0.2) is 0 Å². The predicted molar refractivity (Wildman–Crippen MR) is 94.1 cm³/mol. The summed E-state index contributed by atoms with van der Waals surface area (Å²) in [5.41, 5.74) is 2.55. The first-order valence-electron chi connectivity index (χ1n) is 5.96. The van der Waals surface area contributed by atoms with Crippen molar-refractivity contribution < 1.29 is 0 Å². The van der Waals surface area contributed by atoms with Gasteiger partial charge in [0.25, 0.3) is 0 Å². The molecule has 0 saturated carbocycles. The minimum Gasteiger partial charge on any atom is -0.306 e. The molecular formula is C14H14Br3NS. The number of benzene rings is 1. The molecule has 0 aliphatic rings. The van der Waals surface area contributed by atoms with Crippen LogP contribution in [-0.4, -0.2) is 6.54 Å². The summed E-state index contributed by atoms with van der Waals surface area (Å²) in [7, 11) is 0. The van der Waals surface area contributed by atoms with E-state index in [-0.39, 0.29) is 6.04 Å². The van der Waals surface area contributed by atoms with E-state index in [0.29, 0.717) is 0 Å². The van der Waals surface area contributed by atoms with Crippen molar-refractivity contribution >= 4 is 59.1 Å². The first-order valence-corrected chi connectivity index (χ1v) is 9.16. The summed E-state index contributed by atoms with van der Waals surface area (Å²) in [4.78, 5) is 1.33. The molecule has 1 N–H and O–H groups in total. The van der Waals surface area contributed by atoms with E-state index in [0.717, 1.165) is 15.5 Å². The number of hydrogen-bond donors (Lipinski definition) is 1. The molecular weight excluding hydrogens is 454 g/mol. The van der Waals surface area contributed by atoms with Crippen LogP contribution in [0.5, 0.6) is 0 Å². The van der Waals surface area contributed by atoms with Crippen LogP contribution >= 0.6 is 59.1 Å². The Bertz CT molecular complexity index is 540. The topological polar surface area (TPSA) is 12.0 Å². The van der Waals surface area contributed by atoms with E-state index >= 15 is 0 Å². The molecule has 0 fully saturated rings. The molecule has 1 aromatic carbocycles. The summed E-state index contributed by atoms with van der Waals surface area (Å²) in [5.74, 6) is 0. The molecule has 0 saturated heterocycles. The fourth-order valence-corrected chi connectivity index (χ4v) is 4.96. The van der Waals surface area contributed by atoms with E-state index in [2.05, 4.69) is 91.2 Å². The summed E-state index contributed by atoms with van der Waals surface area (Å²) < 4.78 is 3.39. The Hall–Kier alpha value is 0.320. The molecule has 1 aromatic heterocycles. The lowest BCUT2D eigenvalue weighted by atomic mass is 10.1. The highest BCUT2D eigenvalue weighted by atomic mass is 79.9. The third-order valence-electron chi connectivity index (χ3n) is 2.79. The number of hydrogen-bond acceptors (Lipinski definition) is 2. The van der Waals surface area contributed by atoms with Gasteiger partial charge >= 0.3 is 0 Å². The Kier molecular flexibility index (Phi) is 5.66. The summed E-state index contributed by atoms with van der Waals surface area (Å²) in [5, 5.41) is 3.56. The molecule has 1 atom stereocenters. The van der Waals surface area contributed by atoms with Crippen LogP contribution in [-0.2, 0) is 0 Å². The maximum Gasteiger partial charge on any atom is 0.0731 e. The van der Waals surface area contributed by atoms with Crippen molar-refractivity contribution in [2.75, 3.05) is 6.54 Å². The maximum atomic E-state index is 3.61. The van der Waals surface area contributed by atoms with Crippen molar-refractivity contribution in [3.63, 3.8) is 0 Å². The Morgan fingerprint density at radius 2 is 1.74 bits per heavy atom. The van der Waals surface area contributed by atoms with Gasteiger partial charge in [-0.2, -0.15) is 0 Å². The van der Waals surface area contributed by atoms with Crippen LogP contribution in [0, 0.1) is 6.92 Å². The van der Waals surface area contributed by atoms with Crippen molar-refractivity contribution in [3.05, 3.63) is 53.0 Å². The molecule has 0 radical (unpaired) electrons. The lowest BCUT2D eigenvalue weighted by Crippen LogP contribution is -2.21. The van der Waals surface area contributed by atoms with Crippen LogP contribution in [0.1, 0.15) is 29.0 Å². The first kappa shape index (κ1) is 15.7. The molecule has 5 heteroatoms. The quantitative estimate of drug-likeness (QED) is 0.577. The van der Waals surface area contributed by atoms with E-state index in [1.54, 1.807) is 11.3 Å². The normalized spacial score (nSPS) is 12.7. The number of rotatable bonds is 4. The van der Waals surface area contributed by atoms with E-state index in [1.165, 1.54) is 19.8 Å². The summed E-state index contributed by atoms with van der Waals surface area (Å²) in [6, 6.07) is 8.87. The van der Waals surface area contributed by atoms with Crippen molar-refractivity contribution in [1.82, 2.24) is 5.32 Å². The zero-order valence-electron chi connectivity index (χ0n) is 10.6. The molecule has 1 nitrogen and oxygen atoms in total. The highest BCUT2D eigenvalue weighted by molar-refractivity contribution is 9.11. The van der Waals surface area contributed by atoms with Gasteiger partial charge in [-0.1, -0.05) is 38.8 Å². The highest BCUT2D eigenvalue weighted by Gasteiger charge is 2.17. The van der Waals surface area contributed by atoms with Gasteiger partial charge in [-0.15, -0.1) is 11.3 Å². The minimum atomic E-state index is 0.230. The third-order valence-corrected chi connectivity index (χ3v) is 5.90. The summed E-state index contributed by atoms with van der Waals surface area (Å²) >= 11 is 12.5. The second-order valence-electron chi connectivity index (χ2n) is 4.30. The molecule has 0 amide bonds. The monoisotopic (exact) mass is 465 g/mol. The predicted octanol–water partition coefficient (Wildman–Crippen LogP) is 6.04. The van der Waals surface area contributed by atoms with Crippen LogP contribution in [0.2, 0.25) is 0 Å². The molecule has 0 aliphatic carbocycles. The average molecular weight is 468 g/mol. The summed E-state index contributed by atoms with van der Waals surface area (Å²) in [6.45, 7) is 5.20. The van der Waals surface area contributed by atoms with E-state index < -0.39 is 0 Å². The van der Waals surface area contributed by atoms with E-state index in [9.17, 15) is 0 Å². The van der Waals surface area contributed by atoms with Crippen LogP contribution in [0.3, 0.4) is 0 Å². The second kappa shape index (κ2) is 6.85. The van der Waals surface area contributed by atoms with Crippen molar-refractivity contribution in [2.24, 2.45) is 0 Å². The number of halogens is 3. The maximum absolute atomic E-state index is 3.61. The van der Waals surface area contributed by atoms with Gasteiger partial charge in [0.2, 0.25) is 0 Å². The molecule has 0 bridgehead atoms.